The van der Waals surface area contributed by atoms with Crippen LogP contribution < -0.4 is 0 Å². The maximum atomic E-state index is 10.9. The van der Waals surface area contributed by atoms with Crippen LogP contribution in [0.1, 0.15) is 13.8 Å². The summed E-state index contributed by atoms with van der Waals surface area (Å²) in [5.74, 6) is 0.148. The summed E-state index contributed by atoms with van der Waals surface area (Å²) in [5.41, 5.74) is 0. The second kappa shape index (κ2) is 5.41. The summed E-state index contributed by atoms with van der Waals surface area (Å²) in [6, 6.07) is 0. The Kier molecular flexibility index (Phi) is 5.20. The van der Waals surface area contributed by atoms with E-state index in [9.17, 15) is 4.79 Å². The van der Waals surface area contributed by atoms with Gasteiger partial charge in [0.2, 0.25) is 0 Å². The van der Waals surface area contributed by atoms with E-state index >= 15 is 0 Å². The highest BCUT2D eigenvalue weighted by Crippen LogP contribution is 1.93. The number of rotatable bonds is 3. The van der Waals surface area contributed by atoms with Crippen molar-refractivity contribution in [1.29, 1.82) is 0 Å². The zero-order valence-electron chi connectivity index (χ0n) is 6.33. The Hall–Kier alpha value is -0.380. The average molecular weight is 163 g/mol. The lowest BCUT2D eigenvalue weighted by Gasteiger charge is -2.16. The molecule has 0 fully saturated rings. The summed E-state index contributed by atoms with van der Waals surface area (Å²) < 4.78 is 4.64. The van der Waals surface area contributed by atoms with Gasteiger partial charge < -0.3 is 9.64 Å². The van der Waals surface area contributed by atoms with E-state index in [0.29, 0.717) is 13.1 Å². The first-order chi connectivity index (χ1) is 4.76. The second-order valence-corrected chi connectivity index (χ2v) is 1.97. The zero-order valence-corrected chi connectivity index (χ0v) is 7.23. The van der Waals surface area contributed by atoms with Crippen LogP contribution in [0.3, 0.4) is 0 Å². The van der Waals surface area contributed by atoms with Gasteiger partial charge in [0.25, 0.3) is 0 Å². The lowest BCUT2D eigenvalue weighted by atomic mass is 10.6. The molecule has 0 aliphatic carbocycles. The molecule has 0 spiro atoms. The fourth-order valence-corrected chi connectivity index (χ4v) is 0.739. The smallest absolute Gasteiger partial charge is 0.410 e. The van der Waals surface area contributed by atoms with Crippen molar-refractivity contribution in [2.45, 2.75) is 13.8 Å². The van der Waals surface area contributed by atoms with Crippen LogP contribution in [0.4, 0.5) is 4.79 Å². The van der Waals surface area contributed by atoms with E-state index < -0.39 is 0 Å². The number of ether oxygens (including phenoxy) is 1. The molecule has 60 valence electrons. The topological polar surface area (TPSA) is 29.5 Å². The molecule has 10 heavy (non-hydrogen) atoms. The van der Waals surface area contributed by atoms with Gasteiger partial charge in [-0.05, 0) is 13.8 Å². The summed E-state index contributed by atoms with van der Waals surface area (Å²) >= 11 is 3.76. The fourth-order valence-electron chi connectivity index (χ4n) is 0.628. The number of carbonyl (C=O) groups excluding carboxylic acids is 1. The van der Waals surface area contributed by atoms with Crippen molar-refractivity contribution in [1.82, 2.24) is 4.90 Å². The lowest BCUT2D eigenvalue weighted by Crippen LogP contribution is -2.30. The summed E-state index contributed by atoms with van der Waals surface area (Å²) in [5, 5.41) is 0. The van der Waals surface area contributed by atoms with Gasteiger partial charge in [0.1, 0.15) is 5.94 Å². The minimum absolute atomic E-state index is 0.148. The number of thiol groups is 1. The summed E-state index contributed by atoms with van der Waals surface area (Å²) in [7, 11) is 0. The van der Waals surface area contributed by atoms with Gasteiger partial charge in [-0.25, -0.2) is 4.79 Å². The Morgan fingerprint density at radius 3 is 2.30 bits per heavy atom. The molecule has 4 heteroatoms. The molecule has 0 heterocycles. The third kappa shape index (κ3) is 2.96. The molecule has 0 rings (SSSR count). The standard InChI is InChI=1S/C6H13NO2S/c1-3-7(4-2)6(8)9-5-10/h10H,3-5H2,1-2H3. The molecule has 0 bridgehead atoms. The van der Waals surface area contributed by atoms with E-state index in [1.54, 1.807) is 4.90 Å². The van der Waals surface area contributed by atoms with Gasteiger partial charge in [0.05, 0.1) is 0 Å². The third-order valence-corrected chi connectivity index (χ3v) is 1.34. The largest absolute Gasteiger partial charge is 0.439 e. The van der Waals surface area contributed by atoms with Crippen molar-refractivity contribution in [2.75, 3.05) is 19.0 Å². The van der Waals surface area contributed by atoms with Gasteiger partial charge in [-0.2, -0.15) is 0 Å². The van der Waals surface area contributed by atoms with E-state index in [4.69, 9.17) is 0 Å². The Bertz CT molecular complexity index is 104. The number of amides is 1. The van der Waals surface area contributed by atoms with E-state index in [1.165, 1.54) is 0 Å². The molecule has 0 radical (unpaired) electrons. The molecular formula is C6H13NO2S. The molecule has 0 aromatic carbocycles. The normalized spacial score (nSPS) is 9.10. The monoisotopic (exact) mass is 163 g/mol. The molecule has 0 saturated heterocycles. The van der Waals surface area contributed by atoms with Gasteiger partial charge >= 0.3 is 6.09 Å². The molecule has 0 atom stereocenters. The SMILES string of the molecule is CCN(CC)C(=O)OCS. The first kappa shape index (κ1) is 9.62. The van der Waals surface area contributed by atoms with Gasteiger partial charge in [0, 0.05) is 13.1 Å². The van der Waals surface area contributed by atoms with Gasteiger partial charge in [-0.3, -0.25) is 0 Å². The van der Waals surface area contributed by atoms with Crippen LogP contribution in [0.2, 0.25) is 0 Å². The maximum Gasteiger partial charge on any atom is 0.410 e. The average Bonchev–Trinajstić information content (AvgIpc) is 1.91. The molecule has 0 aromatic rings. The van der Waals surface area contributed by atoms with Crippen LogP contribution in [0, 0.1) is 0 Å². The van der Waals surface area contributed by atoms with Gasteiger partial charge in [-0.15, -0.1) is 12.6 Å². The van der Waals surface area contributed by atoms with Crippen molar-refractivity contribution in [3.8, 4) is 0 Å². The fraction of sp³-hybridized carbons (Fsp3) is 0.833. The maximum absolute atomic E-state index is 10.9. The van der Waals surface area contributed by atoms with Gasteiger partial charge in [0.15, 0.2) is 0 Å². The summed E-state index contributed by atoms with van der Waals surface area (Å²) in [4.78, 5) is 12.5. The van der Waals surface area contributed by atoms with E-state index in [-0.39, 0.29) is 12.0 Å². The highest BCUT2D eigenvalue weighted by molar-refractivity contribution is 7.80. The van der Waals surface area contributed by atoms with Crippen LogP contribution in [0.15, 0.2) is 0 Å². The van der Waals surface area contributed by atoms with Crippen molar-refractivity contribution in [3.63, 3.8) is 0 Å². The predicted molar refractivity (Wildman–Crippen MR) is 43.3 cm³/mol. The van der Waals surface area contributed by atoms with Crippen LogP contribution >= 0.6 is 12.6 Å². The molecule has 0 N–H and O–H groups in total. The third-order valence-electron chi connectivity index (χ3n) is 1.21. The first-order valence-electron chi connectivity index (χ1n) is 3.28. The quantitative estimate of drug-likeness (QED) is 0.502. The lowest BCUT2D eigenvalue weighted by molar-refractivity contribution is 0.123. The van der Waals surface area contributed by atoms with E-state index in [0.717, 1.165) is 0 Å². The summed E-state index contributed by atoms with van der Waals surface area (Å²) in [6.07, 6.45) is -0.292. The highest BCUT2D eigenvalue weighted by Gasteiger charge is 2.08. The molecule has 0 saturated carbocycles. The molecule has 0 aliphatic rings. The minimum atomic E-state index is -0.292. The molecule has 3 nitrogen and oxygen atoms in total. The molecule has 0 aliphatic heterocycles. The van der Waals surface area contributed by atoms with Crippen LogP contribution in [-0.2, 0) is 4.74 Å². The highest BCUT2D eigenvalue weighted by atomic mass is 32.1. The van der Waals surface area contributed by atoms with Crippen molar-refractivity contribution >= 4 is 18.7 Å². The molecular weight excluding hydrogens is 150 g/mol. The van der Waals surface area contributed by atoms with Crippen LogP contribution in [0.25, 0.3) is 0 Å². The first-order valence-corrected chi connectivity index (χ1v) is 3.92. The minimum Gasteiger partial charge on any atom is -0.439 e. The van der Waals surface area contributed by atoms with Crippen LogP contribution in [-0.4, -0.2) is 30.0 Å². The van der Waals surface area contributed by atoms with Crippen molar-refractivity contribution < 1.29 is 9.53 Å². The molecule has 0 unspecified atom stereocenters. The number of hydrogen-bond donors (Lipinski definition) is 1. The van der Waals surface area contributed by atoms with Crippen molar-refractivity contribution in [2.24, 2.45) is 0 Å². The van der Waals surface area contributed by atoms with Gasteiger partial charge in [-0.1, -0.05) is 0 Å². The number of hydrogen-bond acceptors (Lipinski definition) is 3. The molecule has 0 aromatic heterocycles. The Labute approximate surface area is 66.8 Å². The number of carbonyl (C=O) groups is 1. The predicted octanol–water partition coefficient (Wildman–Crippen LogP) is 1.35. The van der Waals surface area contributed by atoms with E-state index in [1.807, 2.05) is 13.8 Å². The molecule has 1 amide bonds. The van der Waals surface area contributed by atoms with Crippen molar-refractivity contribution in [3.05, 3.63) is 0 Å². The Balaban J connectivity index is 3.65. The Morgan fingerprint density at radius 1 is 1.50 bits per heavy atom. The number of nitrogens with zero attached hydrogens (tertiary/aromatic N) is 1. The second-order valence-electron chi connectivity index (χ2n) is 1.71. The van der Waals surface area contributed by atoms with Crippen LogP contribution in [0.5, 0.6) is 0 Å². The summed E-state index contributed by atoms with van der Waals surface area (Å²) in [6.45, 7) is 5.18. The van der Waals surface area contributed by atoms with E-state index in [2.05, 4.69) is 17.4 Å². The zero-order chi connectivity index (χ0) is 7.98. The Morgan fingerprint density at radius 2 is 2.00 bits per heavy atom.